The standard InChI is InChI=1S/C15H11F2O/c1-9-6-11-7-13(17)8-14(15(11)18-9)10-2-4-12(16)5-3-10/h2-5,7-9H,1,6H2. The Hall–Kier alpha value is -1.90. The molecule has 2 aromatic rings. The highest BCUT2D eigenvalue weighted by atomic mass is 19.1. The molecule has 1 aliphatic rings. The van der Waals surface area contributed by atoms with E-state index in [4.69, 9.17) is 4.74 Å². The Balaban J connectivity index is 2.15. The fourth-order valence-corrected chi connectivity index (χ4v) is 2.24. The molecule has 0 saturated carbocycles. The number of ether oxygens (including phenoxy) is 1. The van der Waals surface area contributed by atoms with Crippen LogP contribution in [0, 0.1) is 18.6 Å². The fraction of sp³-hybridized carbons (Fsp3) is 0.133. The van der Waals surface area contributed by atoms with Gasteiger partial charge in [0.25, 0.3) is 0 Å². The number of halogens is 2. The lowest BCUT2D eigenvalue weighted by atomic mass is 10.0. The third kappa shape index (κ3) is 1.86. The number of benzene rings is 2. The van der Waals surface area contributed by atoms with Crippen molar-refractivity contribution < 1.29 is 13.5 Å². The van der Waals surface area contributed by atoms with Gasteiger partial charge in [-0.1, -0.05) is 12.1 Å². The quantitative estimate of drug-likeness (QED) is 0.743. The SMILES string of the molecule is [CH2]C1Cc2cc(F)cc(-c3ccc(F)cc3)c2O1. The van der Waals surface area contributed by atoms with Gasteiger partial charge in [-0.15, -0.1) is 0 Å². The summed E-state index contributed by atoms with van der Waals surface area (Å²) in [5, 5.41) is 0. The summed E-state index contributed by atoms with van der Waals surface area (Å²) in [7, 11) is 0. The van der Waals surface area contributed by atoms with Crippen LogP contribution < -0.4 is 4.74 Å². The average molecular weight is 245 g/mol. The highest BCUT2D eigenvalue weighted by Gasteiger charge is 2.23. The smallest absolute Gasteiger partial charge is 0.131 e. The Morgan fingerprint density at radius 1 is 1.06 bits per heavy atom. The van der Waals surface area contributed by atoms with Crippen LogP contribution in [0.5, 0.6) is 5.75 Å². The number of hydrogen-bond donors (Lipinski definition) is 0. The van der Waals surface area contributed by atoms with Gasteiger partial charge in [-0.2, -0.15) is 0 Å². The highest BCUT2D eigenvalue weighted by Crippen LogP contribution is 2.39. The molecule has 1 nitrogen and oxygen atoms in total. The van der Waals surface area contributed by atoms with Crippen LogP contribution in [-0.2, 0) is 6.42 Å². The van der Waals surface area contributed by atoms with E-state index in [1.54, 1.807) is 12.1 Å². The molecular formula is C15H11F2O. The molecule has 0 amide bonds. The molecule has 91 valence electrons. The second-order valence-corrected chi connectivity index (χ2v) is 4.39. The minimum absolute atomic E-state index is 0.194. The summed E-state index contributed by atoms with van der Waals surface area (Å²) in [6, 6.07) is 8.80. The third-order valence-corrected chi connectivity index (χ3v) is 3.02. The van der Waals surface area contributed by atoms with Gasteiger partial charge in [-0.3, -0.25) is 0 Å². The Kier molecular flexibility index (Phi) is 2.54. The Labute approximate surface area is 104 Å². The molecule has 1 atom stereocenters. The summed E-state index contributed by atoms with van der Waals surface area (Å²) >= 11 is 0. The largest absolute Gasteiger partial charge is 0.489 e. The Morgan fingerprint density at radius 2 is 1.78 bits per heavy atom. The molecule has 2 aromatic carbocycles. The molecule has 1 aliphatic heterocycles. The van der Waals surface area contributed by atoms with Crippen LogP contribution in [0.2, 0.25) is 0 Å². The molecule has 3 rings (SSSR count). The molecule has 0 spiro atoms. The maximum absolute atomic E-state index is 13.6. The van der Waals surface area contributed by atoms with Gasteiger partial charge in [0, 0.05) is 17.5 Å². The molecular weight excluding hydrogens is 234 g/mol. The van der Waals surface area contributed by atoms with Gasteiger partial charge in [0.15, 0.2) is 0 Å². The van der Waals surface area contributed by atoms with Gasteiger partial charge in [-0.25, -0.2) is 8.78 Å². The van der Waals surface area contributed by atoms with E-state index in [0.717, 1.165) is 11.1 Å². The van der Waals surface area contributed by atoms with Crippen molar-refractivity contribution in [2.45, 2.75) is 12.5 Å². The van der Waals surface area contributed by atoms with Gasteiger partial charge in [0.1, 0.15) is 23.5 Å². The van der Waals surface area contributed by atoms with Crippen molar-refractivity contribution in [3.05, 3.63) is 60.5 Å². The van der Waals surface area contributed by atoms with E-state index in [9.17, 15) is 8.78 Å². The van der Waals surface area contributed by atoms with Gasteiger partial charge in [-0.05, 0) is 36.8 Å². The number of rotatable bonds is 1. The Morgan fingerprint density at radius 3 is 2.50 bits per heavy atom. The summed E-state index contributed by atoms with van der Waals surface area (Å²) in [6.07, 6.45) is 0.405. The summed E-state index contributed by atoms with van der Waals surface area (Å²) in [5.74, 6) is 0.0246. The fourth-order valence-electron chi connectivity index (χ4n) is 2.24. The van der Waals surface area contributed by atoms with E-state index in [1.165, 1.54) is 24.3 Å². The van der Waals surface area contributed by atoms with E-state index >= 15 is 0 Å². The van der Waals surface area contributed by atoms with Crippen LogP contribution in [0.1, 0.15) is 5.56 Å². The van der Waals surface area contributed by atoms with Crippen molar-refractivity contribution >= 4 is 0 Å². The zero-order valence-electron chi connectivity index (χ0n) is 9.62. The molecule has 0 aromatic heterocycles. The second kappa shape index (κ2) is 4.09. The maximum atomic E-state index is 13.6. The average Bonchev–Trinajstić information content (AvgIpc) is 2.69. The van der Waals surface area contributed by atoms with Crippen molar-refractivity contribution in [2.75, 3.05) is 0 Å². The highest BCUT2D eigenvalue weighted by molar-refractivity contribution is 5.73. The van der Waals surface area contributed by atoms with E-state index in [-0.39, 0.29) is 17.7 Å². The molecule has 0 saturated heterocycles. The zero-order chi connectivity index (χ0) is 12.7. The lowest BCUT2D eigenvalue weighted by Crippen LogP contribution is -2.06. The van der Waals surface area contributed by atoms with Crippen molar-refractivity contribution in [3.8, 4) is 16.9 Å². The maximum Gasteiger partial charge on any atom is 0.131 e. The van der Waals surface area contributed by atoms with Crippen molar-refractivity contribution in [3.63, 3.8) is 0 Å². The van der Waals surface area contributed by atoms with Crippen LogP contribution in [0.4, 0.5) is 8.78 Å². The molecule has 0 aliphatic carbocycles. The van der Waals surface area contributed by atoms with E-state index in [0.29, 0.717) is 17.7 Å². The van der Waals surface area contributed by atoms with Crippen LogP contribution in [-0.4, -0.2) is 6.10 Å². The van der Waals surface area contributed by atoms with E-state index < -0.39 is 0 Å². The lowest BCUT2D eigenvalue weighted by molar-refractivity contribution is 0.282. The number of fused-ring (bicyclic) bond motifs is 1. The molecule has 1 radical (unpaired) electrons. The van der Waals surface area contributed by atoms with E-state index in [2.05, 4.69) is 6.92 Å². The topological polar surface area (TPSA) is 9.23 Å². The molecule has 0 bridgehead atoms. The first kappa shape index (κ1) is 11.2. The third-order valence-electron chi connectivity index (χ3n) is 3.02. The summed E-state index contributed by atoms with van der Waals surface area (Å²) in [4.78, 5) is 0. The van der Waals surface area contributed by atoms with Gasteiger partial charge < -0.3 is 4.74 Å². The first-order chi connectivity index (χ1) is 8.63. The summed E-state index contributed by atoms with van der Waals surface area (Å²) in [6.45, 7) is 3.83. The predicted octanol–water partition coefficient (Wildman–Crippen LogP) is 3.77. The van der Waals surface area contributed by atoms with Gasteiger partial charge in [0.05, 0.1) is 0 Å². The first-order valence-electron chi connectivity index (χ1n) is 5.71. The van der Waals surface area contributed by atoms with Crippen molar-refractivity contribution in [1.29, 1.82) is 0 Å². The Bertz CT molecular complexity index is 590. The first-order valence-corrected chi connectivity index (χ1v) is 5.71. The molecule has 18 heavy (non-hydrogen) atoms. The van der Waals surface area contributed by atoms with Crippen LogP contribution >= 0.6 is 0 Å². The van der Waals surface area contributed by atoms with Gasteiger partial charge >= 0.3 is 0 Å². The molecule has 1 unspecified atom stereocenters. The minimum Gasteiger partial charge on any atom is -0.489 e. The van der Waals surface area contributed by atoms with Gasteiger partial charge in [0.2, 0.25) is 0 Å². The second-order valence-electron chi connectivity index (χ2n) is 4.39. The lowest BCUT2D eigenvalue weighted by Gasteiger charge is -2.10. The molecule has 0 fully saturated rings. The van der Waals surface area contributed by atoms with Crippen LogP contribution in [0.15, 0.2) is 36.4 Å². The van der Waals surface area contributed by atoms with Crippen LogP contribution in [0.3, 0.4) is 0 Å². The van der Waals surface area contributed by atoms with Crippen molar-refractivity contribution in [1.82, 2.24) is 0 Å². The molecule has 3 heteroatoms. The van der Waals surface area contributed by atoms with E-state index in [1.807, 2.05) is 0 Å². The molecule has 0 N–H and O–H groups in total. The summed E-state index contributed by atoms with van der Waals surface area (Å²) in [5.41, 5.74) is 2.20. The summed E-state index contributed by atoms with van der Waals surface area (Å²) < 4.78 is 32.1. The molecule has 1 heterocycles. The predicted molar refractivity (Wildman–Crippen MR) is 65.3 cm³/mol. The number of hydrogen-bond acceptors (Lipinski definition) is 1. The normalized spacial score (nSPS) is 17.4. The zero-order valence-corrected chi connectivity index (χ0v) is 9.62. The van der Waals surface area contributed by atoms with Crippen LogP contribution in [0.25, 0.3) is 11.1 Å². The minimum atomic E-state index is -0.317. The monoisotopic (exact) mass is 245 g/mol. The van der Waals surface area contributed by atoms with Crippen molar-refractivity contribution in [2.24, 2.45) is 0 Å².